The molecule has 0 spiro atoms. The molecule has 0 unspecified atom stereocenters. The molecule has 1 aliphatic heterocycles. The summed E-state index contributed by atoms with van der Waals surface area (Å²) in [5.41, 5.74) is -1.44. The van der Waals surface area contributed by atoms with Crippen LogP contribution in [0.5, 0.6) is 11.5 Å². The number of nitro benzene ring substituents is 1. The number of nitrogens with zero attached hydrogens (tertiary/aromatic N) is 1. The number of nitro groups is 1. The van der Waals surface area contributed by atoms with Gasteiger partial charge in [0.2, 0.25) is 0 Å². The lowest BCUT2D eigenvalue weighted by Gasteiger charge is -2.21. The largest absolute Gasteiger partial charge is 0.486 e. The second-order valence-corrected chi connectivity index (χ2v) is 5.28. The molecule has 3 rings (SSSR count). The van der Waals surface area contributed by atoms with Crippen LogP contribution in [0.1, 0.15) is 11.1 Å². The van der Waals surface area contributed by atoms with E-state index in [9.17, 15) is 23.3 Å². The quantitative estimate of drug-likeness (QED) is 0.664. The highest BCUT2D eigenvalue weighted by atomic mass is 19.4. The van der Waals surface area contributed by atoms with Gasteiger partial charge in [0, 0.05) is 23.9 Å². The maximum absolute atomic E-state index is 13.0. The zero-order valence-electron chi connectivity index (χ0n) is 12.8. The SMILES string of the molecule is O=[N+]([O-])c1ccc(NCc2cccc3c2OCCO3)cc1C(F)(F)F. The van der Waals surface area contributed by atoms with Crippen molar-refractivity contribution in [1.82, 2.24) is 0 Å². The maximum atomic E-state index is 13.0. The highest BCUT2D eigenvalue weighted by Gasteiger charge is 2.38. The predicted octanol–water partition coefficient (Wildman–Crippen LogP) is 4.00. The fourth-order valence-electron chi connectivity index (χ4n) is 2.50. The van der Waals surface area contributed by atoms with Crippen molar-refractivity contribution in [3.05, 3.63) is 57.6 Å². The van der Waals surface area contributed by atoms with Crippen molar-refractivity contribution in [3.63, 3.8) is 0 Å². The Labute approximate surface area is 140 Å². The number of alkyl halides is 3. The first-order chi connectivity index (χ1) is 11.9. The van der Waals surface area contributed by atoms with E-state index in [1.165, 1.54) is 6.07 Å². The average Bonchev–Trinajstić information content (AvgIpc) is 2.58. The lowest BCUT2D eigenvalue weighted by Crippen LogP contribution is -2.17. The molecule has 0 bridgehead atoms. The minimum Gasteiger partial charge on any atom is -0.486 e. The second kappa shape index (κ2) is 6.50. The Morgan fingerprint density at radius 3 is 2.64 bits per heavy atom. The normalized spacial score (nSPS) is 13.4. The zero-order valence-corrected chi connectivity index (χ0v) is 12.8. The number of anilines is 1. The number of ether oxygens (including phenoxy) is 2. The lowest BCUT2D eigenvalue weighted by atomic mass is 10.1. The standard InChI is InChI=1S/C16H13F3N2O4/c17-16(18,19)12-8-11(4-5-13(12)21(22)23)20-9-10-2-1-3-14-15(10)25-7-6-24-14/h1-5,8,20H,6-7,9H2. The Kier molecular flexibility index (Phi) is 4.39. The lowest BCUT2D eigenvalue weighted by molar-refractivity contribution is -0.388. The fourth-order valence-corrected chi connectivity index (χ4v) is 2.50. The molecule has 1 N–H and O–H groups in total. The van der Waals surface area contributed by atoms with Gasteiger partial charge in [-0.25, -0.2) is 0 Å². The van der Waals surface area contributed by atoms with Crippen LogP contribution in [0.2, 0.25) is 0 Å². The van der Waals surface area contributed by atoms with Crippen molar-refractivity contribution in [2.45, 2.75) is 12.7 Å². The monoisotopic (exact) mass is 354 g/mol. The Morgan fingerprint density at radius 2 is 1.92 bits per heavy atom. The van der Waals surface area contributed by atoms with Gasteiger partial charge in [0.1, 0.15) is 18.8 Å². The molecular formula is C16H13F3N2O4. The molecule has 0 saturated carbocycles. The molecule has 0 saturated heterocycles. The summed E-state index contributed by atoms with van der Waals surface area (Å²) in [6, 6.07) is 8.06. The maximum Gasteiger partial charge on any atom is 0.423 e. The minimum absolute atomic E-state index is 0.118. The van der Waals surface area contributed by atoms with Crippen LogP contribution in [-0.4, -0.2) is 18.1 Å². The summed E-state index contributed by atoms with van der Waals surface area (Å²) >= 11 is 0. The third-order valence-electron chi connectivity index (χ3n) is 3.63. The van der Waals surface area contributed by atoms with E-state index in [0.29, 0.717) is 30.3 Å². The van der Waals surface area contributed by atoms with E-state index in [1.807, 2.05) is 0 Å². The van der Waals surface area contributed by atoms with E-state index in [1.54, 1.807) is 18.2 Å². The molecular weight excluding hydrogens is 341 g/mol. The molecule has 0 atom stereocenters. The molecule has 0 aromatic heterocycles. The van der Waals surface area contributed by atoms with E-state index in [4.69, 9.17) is 9.47 Å². The first kappa shape index (κ1) is 16.9. The van der Waals surface area contributed by atoms with Crippen LogP contribution in [0, 0.1) is 10.1 Å². The fraction of sp³-hybridized carbons (Fsp3) is 0.250. The van der Waals surface area contributed by atoms with Gasteiger partial charge >= 0.3 is 6.18 Å². The molecule has 132 valence electrons. The van der Waals surface area contributed by atoms with Crippen LogP contribution in [-0.2, 0) is 12.7 Å². The van der Waals surface area contributed by atoms with Gasteiger partial charge in [-0.2, -0.15) is 13.2 Å². The van der Waals surface area contributed by atoms with Crippen molar-refractivity contribution < 1.29 is 27.6 Å². The molecule has 6 nitrogen and oxygen atoms in total. The van der Waals surface area contributed by atoms with Crippen LogP contribution in [0.15, 0.2) is 36.4 Å². The van der Waals surface area contributed by atoms with Crippen LogP contribution in [0.25, 0.3) is 0 Å². The van der Waals surface area contributed by atoms with Crippen LogP contribution < -0.4 is 14.8 Å². The zero-order chi connectivity index (χ0) is 18.0. The number of hydrogen-bond donors (Lipinski definition) is 1. The summed E-state index contributed by atoms with van der Waals surface area (Å²) in [6.07, 6.45) is -4.82. The number of nitrogens with one attached hydrogen (secondary N) is 1. The first-order valence-corrected chi connectivity index (χ1v) is 7.33. The number of rotatable bonds is 4. The van der Waals surface area contributed by atoms with Gasteiger partial charge < -0.3 is 14.8 Å². The highest BCUT2D eigenvalue weighted by Crippen LogP contribution is 2.38. The van der Waals surface area contributed by atoms with Crippen molar-refractivity contribution in [1.29, 1.82) is 0 Å². The topological polar surface area (TPSA) is 73.6 Å². The Hall–Kier alpha value is -2.97. The molecule has 25 heavy (non-hydrogen) atoms. The predicted molar refractivity (Wildman–Crippen MR) is 82.9 cm³/mol. The van der Waals surface area contributed by atoms with Gasteiger partial charge in [0.05, 0.1) is 4.92 Å². The summed E-state index contributed by atoms with van der Waals surface area (Å²) in [5, 5.41) is 13.6. The second-order valence-electron chi connectivity index (χ2n) is 5.28. The van der Waals surface area contributed by atoms with E-state index in [0.717, 1.165) is 12.1 Å². The third kappa shape index (κ3) is 3.59. The van der Waals surface area contributed by atoms with E-state index < -0.39 is 22.4 Å². The summed E-state index contributed by atoms with van der Waals surface area (Å²) in [4.78, 5) is 9.72. The number of para-hydroxylation sites is 1. The average molecular weight is 354 g/mol. The summed E-state index contributed by atoms with van der Waals surface area (Å²) in [7, 11) is 0. The van der Waals surface area contributed by atoms with Gasteiger partial charge in [-0.15, -0.1) is 0 Å². The minimum atomic E-state index is -4.82. The van der Waals surface area contributed by atoms with Crippen LogP contribution in [0.4, 0.5) is 24.5 Å². The summed E-state index contributed by atoms with van der Waals surface area (Å²) < 4.78 is 50.0. The van der Waals surface area contributed by atoms with E-state index in [-0.39, 0.29) is 12.2 Å². The molecule has 2 aromatic carbocycles. The van der Waals surface area contributed by atoms with Gasteiger partial charge in [0.15, 0.2) is 11.5 Å². The van der Waals surface area contributed by atoms with Crippen LogP contribution >= 0.6 is 0 Å². The molecule has 2 aromatic rings. The Bertz CT molecular complexity index is 808. The van der Waals surface area contributed by atoms with Crippen molar-refractivity contribution >= 4 is 11.4 Å². The molecule has 0 amide bonds. The smallest absolute Gasteiger partial charge is 0.423 e. The summed E-state index contributed by atoms with van der Waals surface area (Å²) in [5.74, 6) is 1.12. The van der Waals surface area contributed by atoms with E-state index in [2.05, 4.69) is 5.32 Å². The van der Waals surface area contributed by atoms with Gasteiger partial charge in [-0.3, -0.25) is 10.1 Å². The first-order valence-electron chi connectivity index (χ1n) is 7.33. The molecule has 0 fully saturated rings. The highest BCUT2D eigenvalue weighted by molar-refractivity contribution is 5.56. The van der Waals surface area contributed by atoms with Crippen LogP contribution in [0.3, 0.4) is 0 Å². The van der Waals surface area contributed by atoms with Gasteiger partial charge in [-0.1, -0.05) is 12.1 Å². The van der Waals surface area contributed by atoms with Crippen molar-refractivity contribution in [2.75, 3.05) is 18.5 Å². The van der Waals surface area contributed by atoms with Gasteiger partial charge in [0.25, 0.3) is 5.69 Å². The molecule has 9 heteroatoms. The summed E-state index contributed by atoms with van der Waals surface area (Å²) in [6.45, 7) is 1.00. The van der Waals surface area contributed by atoms with E-state index >= 15 is 0 Å². The Morgan fingerprint density at radius 1 is 1.16 bits per heavy atom. The van der Waals surface area contributed by atoms with Crippen molar-refractivity contribution in [2.24, 2.45) is 0 Å². The number of benzene rings is 2. The number of fused-ring (bicyclic) bond motifs is 1. The number of halogens is 3. The number of hydrogen-bond acceptors (Lipinski definition) is 5. The third-order valence-corrected chi connectivity index (χ3v) is 3.63. The molecule has 1 heterocycles. The molecule has 1 aliphatic rings. The molecule has 0 radical (unpaired) electrons. The van der Waals surface area contributed by atoms with Gasteiger partial charge in [-0.05, 0) is 18.2 Å². The molecule has 0 aliphatic carbocycles. The Balaban J connectivity index is 1.84. The van der Waals surface area contributed by atoms with Crippen molar-refractivity contribution in [3.8, 4) is 11.5 Å².